The van der Waals surface area contributed by atoms with E-state index < -0.39 is 17.7 Å². The molecule has 1 unspecified atom stereocenters. The maximum Gasteiger partial charge on any atom is 0.295 e. The summed E-state index contributed by atoms with van der Waals surface area (Å²) < 4.78 is 5.39. The molecule has 3 heterocycles. The Hall–Kier alpha value is -3.10. The van der Waals surface area contributed by atoms with Crippen molar-refractivity contribution in [3.8, 4) is 0 Å². The lowest BCUT2D eigenvalue weighted by Gasteiger charge is -2.29. The normalized spacial score (nSPS) is 21.3. The van der Waals surface area contributed by atoms with Gasteiger partial charge >= 0.3 is 0 Å². The van der Waals surface area contributed by atoms with Gasteiger partial charge in [-0.2, -0.15) is 0 Å². The summed E-state index contributed by atoms with van der Waals surface area (Å²) in [5.41, 5.74) is 1.79. The van der Waals surface area contributed by atoms with Gasteiger partial charge in [-0.1, -0.05) is 30.3 Å². The highest BCUT2D eigenvalue weighted by atomic mass is 16.5. The lowest BCUT2D eigenvalue weighted by Crippen LogP contribution is -2.38. The zero-order chi connectivity index (χ0) is 22.7. The number of carbonyl (C=O) groups is 2. The Morgan fingerprint density at radius 2 is 1.84 bits per heavy atom. The third-order valence-corrected chi connectivity index (χ3v) is 5.99. The van der Waals surface area contributed by atoms with Crippen molar-refractivity contribution in [2.24, 2.45) is 0 Å². The molecule has 8 heteroatoms. The van der Waals surface area contributed by atoms with Crippen molar-refractivity contribution in [3.63, 3.8) is 0 Å². The van der Waals surface area contributed by atoms with Crippen LogP contribution in [-0.2, 0) is 14.3 Å². The number of amides is 1. The van der Waals surface area contributed by atoms with E-state index in [9.17, 15) is 14.7 Å². The minimum atomic E-state index is -0.678. The molecular formula is C24H28N4O4. The van der Waals surface area contributed by atoms with Crippen LogP contribution in [0.4, 0.5) is 0 Å². The van der Waals surface area contributed by atoms with Crippen molar-refractivity contribution < 1.29 is 19.4 Å². The van der Waals surface area contributed by atoms with Gasteiger partial charge in [0.1, 0.15) is 11.6 Å². The van der Waals surface area contributed by atoms with E-state index in [2.05, 4.69) is 14.9 Å². The van der Waals surface area contributed by atoms with Crippen molar-refractivity contribution in [2.75, 3.05) is 39.4 Å². The molecule has 1 N–H and O–H groups in total. The Morgan fingerprint density at radius 1 is 1.12 bits per heavy atom. The number of hydrogen-bond donors (Lipinski definition) is 1. The highest BCUT2D eigenvalue weighted by Crippen LogP contribution is 2.39. The minimum Gasteiger partial charge on any atom is -0.507 e. The van der Waals surface area contributed by atoms with Gasteiger partial charge in [0.25, 0.3) is 11.7 Å². The van der Waals surface area contributed by atoms with E-state index >= 15 is 0 Å². The van der Waals surface area contributed by atoms with Crippen LogP contribution >= 0.6 is 0 Å². The van der Waals surface area contributed by atoms with Crippen LogP contribution in [0, 0.1) is 13.8 Å². The summed E-state index contributed by atoms with van der Waals surface area (Å²) in [4.78, 5) is 38.4. The van der Waals surface area contributed by atoms with Gasteiger partial charge in [-0.25, -0.2) is 9.97 Å². The number of benzene rings is 1. The number of nitrogens with zero attached hydrogens (tertiary/aromatic N) is 4. The van der Waals surface area contributed by atoms with Gasteiger partial charge in [0.15, 0.2) is 0 Å². The number of aliphatic hydroxyl groups is 1. The second-order valence-corrected chi connectivity index (χ2v) is 8.13. The molecular weight excluding hydrogens is 408 g/mol. The van der Waals surface area contributed by atoms with E-state index in [0.717, 1.165) is 31.6 Å². The molecule has 2 aliphatic rings. The molecule has 2 fully saturated rings. The first-order chi connectivity index (χ1) is 15.5. The number of hydrogen-bond acceptors (Lipinski definition) is 7. The molecule has 2 aliphatic heterocycles. The van der Waals surface area contributed by atoms with Crippen molar-refractivity contribution in [1.29, 1.82) is 0 Å². The zero-order valence-electron chi connectivity index (χ0n) is 18.5. The number of aromatic nitrogens is 2. The lowest BCUT2D eigenvalue weighted by molar-refractivity contribution is -0.140. The summed E-state index contributed by atoms with van der Waals surface area (Å²) in [7, 11) is 0. The number of likely N-dealkylation sites (tertiary alicyclic amines) is 1. The van der Waals surface area contributed by atoms with Crippen LogP contribution in [0.2, 0.25) is 0 Å². The second kappa shape index (κ2) is 9.58. The SMILES string of the molecule is Cc1ncc(/C(O)=C2\C(=O)C(=O)N(CCCN3CCOCC3)C2c2ccccc2)c(C)n1. The summed E-state index contributed by atoms with van der Waals surface area (Å²) in [6, 6.07) is 8.70. The quantitative estimate of drug-likeness (QED) is 0.421. The van der Waals surface area contributed by atoms with Crippen LogP contribution < -0.4 is 0 Å². The third-order valence-electron chi connectivity index (χ3n) is 5.99. The lowest BCUT2D eigenvalue weighted by atomic mass is 9.95. The van der Waals surface area contributed by atoms with E-state index in [1.807, 2.05) is 30.3 Å². The predicted octanol–water partition coefficient (Wildman–Crippen LogP) is 2.24. The van der Waals surface area contributed by atoms with Crippen LogP contribution in [0.25, 0.3) is 5.76 Å². The first kappa shape index (κ1) is 22.1. The van der Waals surface area contributed by atoms with Crippen LogP contribution in [-0.4, -0.2) is 76.0 Å². The van der Waals surface area contributed by atoms with Crippen molar-refractivity contribution in [3.05, 3.63) is 64.7 Å². The summed E-state index contributed by atoms with van der Waals surface area (Å²) in [6.07, 6.45) is 2.23. The fraction of sp³-hybridized carbons (Fsp3) is 0.417. The van der Waals surface area contributed by atoms with Gasteiger partial charge in [0, 0.05) is 32.4 Å². The molecule has 4 rings (SSSR count). The number of aryl methyl sites for hydroxylation is 2. The van der Waals surface area contributed by atoms with E-state index in [1.54, 1.807) is 18.7 Å². The number of aliphatic hydroxyl groups excluding tert-OH is 1. The highest BCUT2D eigenvalue weighted by molar-refractivity contribution is 6.46. The van der Waals surface area contributed by atoms with E-state index in [1.165, 1.54) is 6.20 Å². The first-order valence-electron chi connectivity index (χ1n) is 10.9. The second-order valence-electron chi connectivity index (χ2n) is 8.13. The predicted molar refractivity (Wildman–Crippen MR) is 119 cm³/mol. The average Bonchev–Trinajstić information content (AvgIpc) is 3.05. The molecule has 2 saturated heterocycles. The van der Waals surface area contributed by atoms with Gasteiger partial charge in [-0.15, -0.1) is 0 Å². The Labute approximate surface area is 187 Å². The van der Waals surface area contributed by atoms with E-state index in [4.69, 9.17) is 4.74 Å². The minimum absolute atomic E-state index is 0.0862. The maximum atomic E-state index is 13.1. The average molecular weight is 437 g/mol. The van der Waals surface area contributed by atoms with Gasteiger partial charge in [-0.05, 0) is 25.8 Å². The number of rotatable bonds is 6. The van der Waals surface area contributed by atoms with Crippen LogP contribution in [0.1, 0.15) is 35.1 Å². The van der Waals surface area contributed by atoms with Crippen molar-refractivity contribution in [2.45, 2.75) is 26.3 Å². The largest absolute Gasteiger partial charge is 0.507 e. The van der Waals surface area contributed by atoms with Gasteiger partial charge in [-0.3, -0.25) is 14.5 Å². The molecule has 168 valence electrons. The highest BCUT2D eigenvalue weighted by Gasteiger charge is 2.46. The molecule has 0 bridgehead atoms. The third kappa shape index (κ3) is 4.42. The smallest absolute Gasteiger partial charge is 0.295 e. The molecule has 1 aromatic carbocycles. The number of Topliss-reactive ketones (excluding diaryl/α,β-unsaturated/α-hetero) is 1. The summed E-state index contributed by atoms with van der Waals surface area (Å²) in [5.74, 6) is -0.927. The van der Waals surface area contributed by atoms with Crippen molar-refractivity contribution >= 4 is 17.4 Å². The molecule has 0 aliphatic carbocycles. The standard InChI is InChI=1S/C24H28N4O4/c1-16-19(15-25-17(2)26-16)22(29)20-21(18-7-4-3-5-8-18)28(24(31)23(20)30)10-6-9-27-11-13-32-14-12-27/h3-5,7-8,15,21,29H,6,9-14H2,1-2H3/b22-20+. The number of ether oxygens (including phenoxy) is 1. The Balaban J connectivity index is 1.67. The number of morpholine rings is 1. The molecule has 2 aromatic rings. The maximum absolute atomic E-state index is 13.1. The summed E-state index contributed by atoms with van der Waals surface area (Å²) in [6.45, 7) is 7.91. The summed E-state index contributed by atoms with van der Waals surface area (Å²) >= 11 is 0. The molecule has 0 spiro atoms. The fourth-order valence-electron chi connectivity index (χ4n) is 4.34. The Kier molecular flexibility index (Phi) is 6.62. The van der Waals surface area contributed by atoms with Crippen LogP contribution in [0.15, 0.2) is 42.1 Å². The fourth-order valence-corrected chi connectivity index (χ4v) is 4.34. The van der Waals surface area contributed by atoms with Crippen LogP contribution in [0.5, 0.6) is 0 Å². The van der Waals surface area contributed by atoms with E-state index in [0.29, 0.717) is 36.8 Å². The Bertz CT molecular complexity index is 1030. The molecule has 0 radical (unpaired) electrons. The molecule has 1 amide bonds. The molecule has 1 atom stereocenters. The van der Waals surface area contributed by atoms with Gasteiger partial charge < -0.3 is 14.7 Å². The first-order valence-corrected chi connectivity index (χ1v) is 10.9. The number of ketones is 1. The molecule has 32 heavy (non-hydrogen) atoms. The molecule has 0 saturated carbocycles. The summed E-state index contributed by atoms with van der Waals surface area (Å²) in [5, 5.41) is 11.1. The van der Waals surface area contributed by atoms with E-state index in [-0.39, 0.29) is 11.3 Å². The topological polar surface area (TPSA) is 95.9 Å². The molecule has 1 aromatic heterocycles. The van der Waals surface area contributed by atoms with Gasteiger partial charge in [0.2, 0.25) is 0 Å². The van der Waals surface area contributed by atoms with Crippen LogP contribution in [0.3, 0.4) is 0 Å². The number of carbonyl (C=O) groups excluding carboxylic acids is 2. The van der Waals surface area contributed by atoms with Gasteiger partial charge in [0.05, 0.1) is 36.1 Å². The monoisotopic (exact) mass is 436 g/mol. The molecule has 8 nitrogen and oxygen atoms in total. The van der Waals surface area contributed by atoms with Crippen molar-refractivity contribution in [1.82, 2.24) is 19.8 Å². The zero-order valence-corrected chi connectivity index (χ0v) is 18.5. The Morgan fingerprint density at radius 3 is 2.53 bits per heavy atom.